The molecule has 1 saturated heterocycles. The zero-order valence-electron chi connectivity index (χ0n) is 10.2. The summed E-state index contributed by atoms with van der Waals surface area (Å²) in [7, 11) is 1.85. The molecule has 0 aromatic carbocycles. The van der Waals surface area contributed by atoms with Crippen LogP contribution in [0.3, 0.4) is 0 Å². The number of amides is 2. The smallest absolute Gasteiger partial charge is 0.319 e. The lowest BCUT2D eigenvalue weighted by Gasteiger charge is -2.32. The van der Waals surface area contributed by atoms with Crippen molar-refractivity contribution in [2.24, 2.45) is 10.6 Å². The van der Waals surface area contributed by atoms with E-state index in [0.717, 1.165) is 12.8 Å². The van der Waals surface area contributed by atoms with Crippen molar-refractivity contribution in [3.63, 3.8) is 0 Å². The van der Waals surface area contributed by atoms with Gasteiger partial charge in [0.1, 0.15) is 10.6 Å². The van der Waals surface area contributed by atoms with Crippen LogP contribution in [0.2, 0.25) is 0 Å². The number of carbonyl (C=O) groups excluding carboxylic acids is 1. The van der Waals surface area contributed by atoms with E-state index < -0.39 is 6.03 Å². The standard InChI is InChI=1S/C7H13N9O3/c1-10-6-2-4-15(5-3-6)7(17)16(18-13-11-8)19-14-12-9/h6,10H,2-5H2,1H3. The van der Waals surface area contributed by atoms with Crippen LogP contribution in [0.4, 0.5) is 4.79 Å². The molecule has 0 aromatic rings. The van der Waals surface area contributed by atoms with Crippen LogP contribution in [0, 0.1) is 0 Å². The van der Waals surface area contributed by atoms with Crippen LogP contribution in [0.5, 0.6) is 0 Å². The lowest BCUT2D eigenvalue weighted by atomic mass is 10.1. The first-order valence-corrected chi connectivity index (χ1v) is 5.42. The minimum Gasteiger partial charge on any atom is -0.319 e. The van der Waals surface area contributed by atoms with Crippen LogP contribution in [0.1, 0.15) is 12.8 Å². The van der Waals surface area contributed by atoms with E-state index in [2.05, 4.69) is 35.6 Å². The molecule has 0 saturated carbocycles. The number of hydrogen-bond acceptors (Lipinski definition) is 6. The number of rotatable bonds is 5. The van der Waals surface area contributed by atoms with Gasteiger partial charge >= 0.3 is 6.03 Å². The summed E-state index contributed by atoms with van der Waals surface area (Å²) in [5, 5.41) is 8.76. The lowest BCUT2D eigenvalue weighted by molar-refractivity contribution is -0.336. The van der Waals surface area contributed by atoms with Gasteiger partial charge in [-0.3, -0.25) is 9.88 Å². The van der Waals surface area contributed by atoms with Gasteiger partial charge in [0, 0.05) is 34.2 Å². The van der Waals surface area contributed by atoms with E-state index in [0.29, 0.717) is 19.1 Å². The summed E-state index contributed by atoms with van der Waals surface area (Å²) < 4.78 is 0. The summed E-state index contributed by atoms with van der Waals surface area (Å²) in [6.07, 6.45) is 1.53. The Bertz CT molecular complexity index is 375. The second-order valence-electron chi connectivity index (χ2n) is 3.60. The Balaban J connectivity index is 2.60. The molecular formula is C7H13N9O3. The summed E-state index contributed by atoms with van der Waals surface area (Å²) in [6.45, 7) is 0.945. The molecule has 0 aromatic heterocycles. The molecular weight excluding hydrogens is 258 g/mol. The van der Waals surface area contributed by atoms with Gasteiger partial charge in [0.05, 0.1) is 0 Å². The van der Waals surface area contributed by atoms with E-state index in [1.807, 2.05) is 7.05 Å². The second-order valence-corrected chi connectivity index (χ2v) is 3.60. The zero-order chi connectivity index (χ0) is 14.1. The number of nitrogens with zero attached hydrogens (tertiary/aromatic N) is 8. The van der Waals surface area contributed by atoms with Gasteiger partial charge in [-0.1, -0.05) is 0 Å². The number of hydroxylamine groups is 2. The highest BCUT2D eigenvalue weighted by Gasteiger charge is 2.28. The third kappa shape index (κ3) is 4.32. The van der Waals surface area contributed by atoms with Gasteiger partial charge in [0.2, 0.25) is 0 Å². The molecule has 2 amide bonds. The van der Waals surface area contributed by atoms with Crippen molar-refractivity contribution >= 4 is 6.03 Å². The van der Waals surface area contributed by atoms with Crippen molar-refractivity contribution in [1.82, 2.24) is 15.4 Å². The molecule has 1 N–H and O–H groups in total. The Labute approximate surface area is 107 Å². The Kier molecular flexibility index (Phi) is 5.89. The van der Waals surface area contributed by atoms with Crippen LogP contribution in [0.15, 0.2) is 10.6 Å². The molecule has 12 heteroatoms. The molecule has 1 aliphatic heterocycles. The third-order valence-electron chi connectivity index (χ3n) is 2.62. The van der Waals surface area contributed by atoms with E-state index in [-0.39, 0.29) is 5.23 Å². The Hall–Kier alpha value is -2.55. The minimum atomic E-state index is -0.714. The van der Waals surface area contributed by atoms with E-state index in [1.165, 1.54) is 4.90 Å². The highest BCUT2D eigenvalue weighted by Crippen LogP contribution is 2.13. The first-order valence-electron chi connectivity index (χ1n) is 5.42. The first kappa shape index (κ1) is 14.5. The van der Waals surface area contributed by atoms with E-state index in [9.17, 15) is 4.79 Å². The summed E-state index contributed by atoms with van der Waals surface area (Å²) in [6, 6.07) is -0.372. The average Bonchev–Trinajstić information content (AvgIpc) is 2.47. The fourth-order valence-electron chi connectivity index (χ4n) is 1.66. The van der Waals surface area contributed by atoms with Crippen molar-refractivity contribution in [1.29, 1.82) is 0 Å². The topological polar surface area (TPSA) is 152 Å². The molecule has 0 aliphatic carbocycles. The number of nitrogens with one attached hydrogen (secondary N) is 1. The van der Waals surface area contributed by atoms with Crippen LogP contribution in [-0.4, -0.2) is 42.3 Å². The van der Waals surface area contributed by atoms with Crippen LogP contribution in [0.25, 0.3) is 20.9 Å². The highest BCUT2D eigenvalue weighted by atomic mass is 17.1. The molecule has 1 fully saturated rings. The van der Waals surface area contributed by atoms with Crippen molar-refractivity contribution in [2.75, 3.05) is 20.1 Å². The lowest BCUT2D eigenvalue weighted by Crippen LogP contribution is -2.48. The van der Waals surface area contributed by atoms with E-state index in [4.69, 9.17) is 11.1 Å². The van der Waals surface area contributed by atoms with Crippen LogP contribution in [-0.2, 0) is 9.88 Å². The van der Waals surface area contributed by atoms with E-state index >= 15 is 0 Å². The summed E-state index contributed by atoms with van der Waals surface area (Å²) in [5.74, 6) is 0. The minimum absolute atomic E-state index is 0.221. The van der Waals surface area contributed by atoms with Gasteiger partial charge < -0.3 is 10.2 Å². The van der Waals surface area contributed by atoms with Crippen molar-refractivity contribution in [3.8, 4) is 0 Å². The van der Waals surface area contributed by atoms with Crippen LogP contribution >= 0.6 is 0 Å². The monoisotopic (exact) mass is 271 g/mol. The summed E-state index contributed by atoms with van der Waals surface area (Å²) in [4.78, 5) is 26.6. The SMILES string of the molecule is CNC1CCN(C(=O)N(ON=[N+]=[N-])ON=[N+]=[N-])CC1. The average molecular weight is 271 g/mol. The zero-order valence-corrected chi connectivity index (χ0v) is 10.2. The Morgan fingerprint density at radius 2 is 1.84 bits per heavy atom. The van der Waals surface area contributed by atoms with Crippen molar-refractivity contribution in [2.45, 2.75) is 18.9 Å². The largest absolute Gasteiger partial charge is 0.392 e. The number of azide groups is 2. The molecule has 1 aliphatic rings. The predicted octanol–water partition coefficient (Wildman–Crippen LogP) is 1.41. The molecule has 0 spiro atoms. The first-order chi connectivity index (χ1) is 9.22. The predicted molar refractivity (Wildman–Crippen MR) is 61.4 cm³/mol. The number of hydrogen-bond donors (Lipinski definition) is 1. The highest BCUT2D eigenvalue weighted by molar-refractivity contribution is 5.72. The Morgan fingerprint density at radius 3 is 2.26 bits per heavy atom. The second kappa shape index (κ2) is 7.71. The fourth-order valence-corrected chi connectivity index (χ4v) is 1.66. The van der Waals surface area contributed by atoms with Gasteiger partial charge in [0.15, 0.2) is 0 Å². The Morgan fingerprint density at radius 1 is 1.32 bits per heavy atom. The molecule has 0 radical (unpaired) electrons. The summed E-state index contributed by atoms with van der Waals surface area (Å²) >= 11 is 0. The molecule has 1 heterocycles. The number of carbonyl (C=O) groups is 1. The molecule has 12 nitrogen and oxygen atoms in total. The van der Waals surface area contributed by atoms with Gasteiger partial charge in [-0.05, 0) is 31.0 Å². The van der Waals surface area contributed by atoms with Gasteiger partial charge in [-0.15, -0.1) is 0 Å². The number of piperidine rings is 1. The molecule has 104 valence electrons. The molecule has 0 unspecified atom stereocenters. The normalized spacial score (nSPS) is 14.9. The molecule has 0 bridgehead atoms. The van der Waals surface area contributed by atoms with Gasteiger partial charge in [-0.2, -0.15) is 0 Å². The molecule has 0 atom stereocenters. The maximum Gasteiger partial charge on any atom is 0.392 e. The van der Waals surface area contributed by atoms with Crippen molar-refractivity contribution < 1.29 is 14.7 Å². The maximum atomic E-state index is 11.9. The maximum absolute atomic E-state index is 11.9. The van der Waals surface area contributed by atoms with Crippen molar-refractivity contribution in [3.05, 3.63) is 20.9 Å². The van der Waals surface area contributed by atoms with E-state index in [1.54, 1.807) is 0 Å². The summed E-state index contributed by atoms with van der Waals surface area (Å²) in [5.41, 5.74) is 16.2. The number of likely N-dealkylation sites (tertiary alicyclic amines) is 1. The third-order valence-corrected chi connectivity index (χ3v) is 2.62. The van der Waals surface area contributed by atoms with Crippen LogP contribution < -0.4 is 5.32 Å². The quantitative estimate of drug-likeness (QED) is 0.347. The number of urea groups is 1. The van der Waals surface area contributed by atoms with Gasteiger partial charge in [0.25, 0.3) is 0 Å². The molecule has 1 rings (SSSR count). The molecule has 19 heavy (non-hydrogen) atoms. The van der Waals surface area contributed by atoms with Gasteiger partial charge in [-0.25, -0.2) is 4.79 Å². The fraction of sp³-hybridized carbons (Fsp3) is 0.857.